The second kappa shape index (κ2) is 8.94. The van der Waals surface area contributed by atoms with Crippen molar-refractivity contribution in [1.29, 1.82) is 0 Å². The molecule has 1 amide bonds. The average Bonchev–Trinajstić information content (AvgIpc) is 3.36. The number of amides is 1. The minimum absolute atomic E-state index is 0.00166. The smallest absolute Gasteiger partial charge is 0.269 e. The first-order valence-electron chi connectivity index (χ1n) is 11.5. The maximum atomic E-state index is 15.2. The highest BCUT2D eigenvalue weighted by atomic mass is 19.1. The number of nitrogens with one attached hydrogen (secondary N) is 2. The molecular formula is C25H28FN5O2. The number of carbonyl (C=O) groups excluding carboxylic acids is 1. The highest BCUT2D eigenvalue weighted by molar-refractivity contribution is 5.92. The maximum absolute atomic E-state index is 15.2. The van der Waals surface area contributed by atoms with Gasteiger partial charge in [0.05, 0.1) is 17.6 Å². The number of aromatic amines is 1. The second-order valence-electron chi connectivity index (χ2n) is 8.91. The molecule has 7 nitrogen and oxygen atoms in total. The fourth-order valence-corrected chi connectivity index (χ4v) is 5.22. The number of benzene rings is 1. The summed E-state index contributed by atoms with van der Waals surface area (Å²) >= 11 is 0. The van der Waals surface area contributed by atoms with Gasteiger partial charge in [-0.05, 0) is 44.0 Å². The van der Waals surface area contributed by atoms with E-state index in [0.717, 1.165) is 51.1 Å². The monoisotopic (exact) mass is 449 g/mol. The summed E-state index contributed by atoms with van der Waals surface area (Å²) in [7, 11) is 1.59. The molecular weight excluding hydrogens is 421 g/mol. The lowest BCUT2D eigenvalue weighted by Gasteiger charge is -2.37. The Kier molecular flexibility index (Phi) is 5.85. The summed E-state index contributed by atoms with van der Waals surface area (Å²) in [6, 6.07) is 11.0. The Bertz CT molecular complexity index is 1220. The quantitative estimate of drug-likeness (QED) is 0.640. The zero-order valence-electron chi connectivity index (χ0n) is 18.7. The number of pyridine rings is 2. The highest BCUT2D eigenvalue weighted by Crippen LogP contribution is 2.33. The van der Waals surface area contributed by atoms with Gasteiger partial charge in [-0.25, -0.2) is 9.37 Å². The number of H-pyrrole nitrogens is 1. The molecule has 2 aliphatic rings. The van der Waals surface area contributed by atoms with Crippen LogP contribution < -0.4 is 15.8 Å². The van der Waals surface area contributed by atoms with Crippen LogP contribution in [0.3, 0.4) is 0 Å². The highest BCUT2D eigenvalue weighted by Gasteiger charge is 2.33. The Hall–Kier alpha value is -3.26. The molecule has 2 aliphatic heterocycles. The molecule has 2 aromatic heterocycles. The van der Waals surface area contributed by atoms with Gasteiger partial charge in [0.1, 0.15) is 5.69 Å². The molecule has 0 spiro atoms. The number of piperidine rings is 1. The average molecular weight is 450 g/mol. The third-order valence-electron chi connectivity index (χ3n) is 7.07. The topological polar surface area (TPSA) is 81.3 Å². The molecule has 33 heavy (non-hydrogen) atoms. The van der Waals surface area contributed by atoms with Gasteiger partial charge in [-0.15, -0.1) is 0 Å². The van der Waals surface area contributed by atoms with E-state index in [1.807, 2.05) is 6.07 Å². The SMILES string of the molecule is CNC(=O)c1ccc(N2CCC(N3CCC(c4[nH]c(=O)c5ccccc5c4F)C3)CC2)cn1. The molecule has 5 rings (SSSR count). The molecule has 2 saturated heterocycles. The Morgan fingerprint density at radius 1 is 1.09 bits per heavy atom. The molecule has 0 aliphatic carbocycles. The molecule has 4 heterocycles. The fourth-order valence-electron chi connectivity index (χ4n) is 5.22. The van der Waals surface area contributed by atoms with Crippen molar-refractivity contribution in [2.24, 2.45) is 0 Å². The number of fused-ring (bicyclic) bond motifs is 1. The molecule has 0 saturated carbocycles. The lowest BCUT2D eigenvalue weighted by molar-refractivity contribution is 0.0958. The van der Waals surface area contributed by atoms with Crippen LogP contribution in [-0.2, 0) is 0 Å². The number of carbonyl (C=O) groups is 1. The Balaban J connectivity index is 1.23. The molecule has 1 unspecified atom stereocenters. The molecule has 172 valence electrons. The predicted molar refractivity (Wildman–Crippen MR) is 126 cm³/mol. The third kappa shape index (κ3) is 4.11. The summed E-state index contributed by atoms with van der Waals surface area (Å²) in [6.45, 7) is 3.49. The molecule has 0 radical (unpaired) electrons. The number of anilines is 1. The summed E-state index contributed by atoms with van der Waals surface area (Å²) in [5.74, 6) is -0.477. The first-order chi connectivity index (χ1) is 16.0. The summed E-state index contributed by atoms with van der Waals surface area (Å²) in [4.78, 5) is 36.0. The minimum atomic E-state index is -0.292. The van der Waals surface area contributed by atoms with E-state index >= 15 is 4.39 Å². The van der Waals surface area contributed by atoms with Crippen molar-refractivity contribution in [2.75, 3.05) is 38.1 Å². The van der Waals surface area contributed by atoms with Crippen LogP contribution in [0, 0.1) is 5.82 Å². The van der Waals surface area contributed by atoms with E-state index in [4.69, 9.17) is 0 Å². The molecule has 2 fully saturated rings. The Morgan fingerprint density at radius 3 is 2.55 bits per heavy atom. The third-order valence-corrected chi connectivity index (χ3v) is 7.07. The molecule has 1 aromatic carbocycles. The van der Waals surface area contributed by atoms with Crippen molar-refractivity contribution in [3.05, 3.63) is 70.2 Å². The van der Waals surface area contributed by atoms with Crippen molar-refractivity contribution in [1.82, 2.24) is 20.2 Å². The summed E-state index contributed by atoms with van der Waals surface area (Å²) in [6.07, 6.45) is 4.63. The van der Waals surface area contributed by atoms with Crippen LogP contribution in [-0.4, -0.2) is 60.0 Å². The van der Waals surface area contributed by atoms with Gasteiger partial charge in [-0.2, -0.15) is 0 Å². The van der Waals surface area contributed by atoms with Crippen molar-refractivity contribution in [3.8, 4) is 0 Å². The molecule has 8 heteroatoms. The van der Waals surface area contributed by atoms with E-state index < -0.39 is 0 Å². The van der Waals surface area contributed by atoms with Crippen molar-refractivity contribution >= 4 is 22.4 Å². The number of hydrogen-bond donors (Lipinski definition) is 2. The van der Waals surface area contributed by atoms with Crippen molar-refractivity contribution in [2.45, 2.75) is 31.2 Å². The van der Waals surface area contributed by atoms with Gasteiger partial charge < -0.3 is 15.2 Å². The lowest BCUT2D eigenvalue weighted by Crippen LogP contribution is -2.44. The van der Waals surface area contributed by atoms with Crippen LogP contribution in [0.15, 0.2) is 47.4 Å². The molecule has 0 bridgehead atoms. The maximum Gasteiger partial charge on any atom is 0.269 e. The van der Waals surface area contributed by atoms with Crippen LogP contribution in [0.4, 0.5) is 10.1 Å². The molecule has 2 N–H and O–H groups in total. The molecule has 1 atom stereocenters. The van der Waals surface area contributed by atoms with Crippen LogP contribution >= 0.6 is 0 Å². The number of aromatic nitrogens is 2. The standard InChI is InChI=1S/C25H28FN5O2/c1-27-25(33)21-7-6-18(14-28-21)30-12-9-17(10-13-30)31-11-8-16(15-31)23-22(26)19-4-2-3-5-20(19)24(32)29-23/h2-7,14,16-17H,8-13,15H2,1H3,(H,27,33)(H,29,32). The number of hydrogen-bond acceptors (Lipinski definition) is 5. The van der Waals surface area contributed by atoms with Crippen LogP contribution in [0.2, 0.25) is 0 Å². The zero-order chi connectivity index (χ0) is 22.9. The Morgan fingerprint density at radius 2 is 1.85 bits per heavy atom. The van der Waals surface area contributed by atoms with Crippen LogP contribution in [0.5, 0.6) is 0 Å². The van der Waals surface area contributed by atoms with Gasteiger partial charge in [0, 0.05) is 49.4 Å². The van der Waals surface area contributed by atoms with E-state index in [2.05, 4.69) is 25.1 Å². The summed E-state index contributed by atoms with van der Waals surface area (Å²) in [5.41, 5.74) is 1.67. The van der Waals surface area contributed by atoms with Crippen LogP contribution in [0.1, 0.15) is 41.4 Å². The number of likely N-dealkylation sites (tertiary alicyclic amines) is 1. The summed E-state index contributed by atoms with van der Waals surface area (Å²) in [5, 5.41) is 3.39. The Labute approximate surface area is 191 Å². The number of halogens is 1. The predicted octanol–water partition coefficient (Wildman–Crippen LogP) is 2.88. The van der Waals surface area contributed by atoms with Gasteiger partial charge in [0.25, 0.3) is 11.5 Å². The van der Waals surface area contributed by atoms with E-state index in [1.165, 1.54) is 0 Å². The van der Waals surface area contributed by atoms with Gasteiger partial charge in [-0.3, -0.25) is 14.5 Å². The zero-order valence-corrected chi connectivity index (χ0v) is 18.7. The van der Waals surface area contributed by atoms with E-state index in [1.54, 1.807) is 43.6 Å². The summed E-state index contributed by atoms with van der Waals surface area (Å²) < 4.78 is 15.2. The van der Waals surface area contributed by atoms with E-state index in [0.29, 0.717) is 28.2 Å². The van der Waals surface area contributed by atoms with E-state index in [-0.39, 0.29) is 23.2 Å². The van der Waals surface area contributed by atoms with Gasteiger partial charge in [0.2, 0.25) is 0 Å². The van der Waals surface area contributed by atoms with E-state index in [9.17, 15) is 9.59 Å². The first-order valence-corrected chi connectivity index (χ1v) is 11.5. The number of rotatable bonds is 4. The fraction of sp³-hybridized carbons (Fsp3) is 0.400. The second-order valence-corrected chi connectivity index (χ2v) is 8.91. The van der Waals surface area contributed by atoms with Gasteiger partial charge in [0.15, 0.2) is 5.82 Å². The lowest BCUT2D eigenvalue weighted by atomic mass is 10.00. The van der Waals surface area contributed by atoms with Crippen LogP contribution in [0.25, 0.3) is 10.8 Å². The normalized spacial score (nSPS) is 19.8. The first kappa shape index (κ1) is 21.6. The largest absolute Gasteiger partial charge is 0.370 e. The number of nitrogens with zero attached hydrogens (tertiary/aromatic N) is 3. The van der Waals surface area contributed by atoms with Gasteiger partial charge in [-0.1, -0.05) is 18.2 Å². The minimum Gasteiger partial charge on any atom is -0.370 e. The molecule has 3 aromatic rings. The van der Waals surface area contributed by atoms with Gasteiger partial charge >= 0.3 is 0 Å². The van der Waals surface area contributed by atoms with Crippen molar-refractivity contribution in [3.63, 3.8) is 0 Å². The van der Waals surface area contributed by atoms with Crippen molar-refractivity contribution < 1.29 is 9.18 Å².